The van der Waals surface area contributed by atoms with E-state index in [1.165, 1.54) is 12.5 Å². The zero-order chi connectivity index (χ0) is 11.7. The van der Waals surface area contributed by atoms with Gasteiger partial charge >= 0.3 is 5.97 Å². The second-order valence-electron chi connectivity index (χ2n) is 3.99. The summed E-state index contributed by atoms with van der Waals surface area (Å²) in [6, 6.07) is 5.52. The second-order valence-corrected chi connectivity index (χ2v) is 3.99. The van der Waals surface area contributed by atoms with Crippen LogP contribution in [0.5, 0.6) is 0 Å². The summed E-state index contributed by atoms with van der Waals surface area (Å²) in [6.07, 6.45) is 6.05. The molecule has 0 aliphatic heterocycles. The van der Waals surface area contributed by atoms with Crippen molar-refractivity contribution in [2.75, 3.05) is 0 Å². The minimum Gasteiger partial charge on any atom is -0.472 e. The number of aromatic nitrogens is 1. The predicted molar refractivity (Wildman–Crippen MR) is 59.4 cm³/mol. The van der Waals surface area contributed by atoms with E-state index in [1.807, 2.05) is 12.1 Å². The summed E-state index contributed by atoms with van der Waals surface area (Å²) in [7, 11) is 0. The monoisotopic (exact) mass is 229 g/mol. The Balaban J connectivity index is 1.78. The molecule has 1 aliphatic rings. The number of fused-ring (bicyclic) bond motifs is 1. The van der Waals surface area contributed by atoms with Gasteiger partial charge in [0, 0.05) is 6.20 Å². The van der Waals surface area contributed by atoms with E-state index in [2.05, 4.69) is 4.98 Å². The highest BCUT2D eigenvalue weighted by molar-refractivity contribution is 5.89. The molecule has 0 bridgehead atoms. The number of hydrogen-bond donors (Lipinski definition) is 0. The van der Waals surface area contributed by atoms with Gasteiger partial charge in [0.05, 0.1) is 17.5 Å². The van der Waals surface area contributed by atoms with Crippen molar-refractivity contribution in [2.24, 2.45) is 0 Å². The molecule has 0 saturated heterocycles. The normalized spacial score (nSPS) is 17.8. The molecule has 2 heterocycles. The van der Waals surface area contributed by atoms with Crippen LogP contribution in [0.15, 0.2) is 41.3 Å². The Morgan fingerprint density at radius 1 is 1.47 bits per heavy atom. The van der Waals surface area contributed by atoms with E-state index in [4.69, 9.17) is 9.15 Å². The molecule has 0 amide bonds. The quantitative estimate of drug-likeness (QED) is 0.742. The van der Waals surface area contributed by atoms with Crippen LogP contribution in [0.2, 0.25) is 0 Å². The molecule has 2 aromatic heterocycles. The van der Waals surface area contributed by atoms with Crippen LogP contribution in [0.4, 0.5) is 0 Å². The lowest BCUT2D eigenvalue weighted by Crippen LogP contribution is -2.09. The summed E-state index contributed by atoms with van der Waals surface area (Å²) < 4.78 is 10.3. The fourth-order valence-electron chi connectivity index (χ4n) is 2.07. The molecule has 0 spiro atoms. The van der Waals surface area contributed by atoms with Crippen molar-refractivity contribution in [3.8, 4) is 0 Å². The molecule has 1 unspecified atom stereocenters. The zero-order valence-electron chi connectivity index (χ0n) is 9.13. The highest BCUT2D eigenvalue weighted by Gasteiger charge is 2.27. The first-order valence-corrected chi connectivity index (χ1v) is 5.51. The van der Waals surface area contributed by atoms with Gasteiger partial charge in [-0.05, 0) is 30.5 Å². The number of furan rings is 1. The van der Waals surface area contributed by atoms with Crippen molar-refractivity contribution in [3.05, 3.63) is 53.7 Å². The minimum absolute atomic E-state index is 0.228. The topological polar surface area (TPSA) is 52.3 Å². The van der Waals surface area contributed by atoms with Gasteiger partial charge in [-0.15, -0.1) is 0 Å². The van der Waals surface area contributed by atoms with E-state index >= 15 is 0 Å². The summed E-state index contributed by atoms with van der Waals surface area (Å²) >= 11 is 0. The molecule has 0 N–H and O–H groups in total. The standard InChI is InChI=1S/C13H11NO3/c15-13(10-5-7-16-8-10)17-11-4-3-9-2-1-6-14-12(9)11/h1-2,5-8,11H,3-4H2. The van der Waals surface area contributed by atoms with Crippen LogP contribution in [0.1, 0.15) is 34.1 Å². The molecule has 0 saturated carbocycles. The Hall–Kier alpha value is -2.10. The highest BCUT2D eigenvalue weighted by Crippen LogP contribution is 2.32. The molecule has 0 fully saturated rings. The third kappa shape index (κ3) is 1.82. The van der Waals surface area contributed by atoms with Gasteiger partial charge in [0.1, 0.15) is 12.4 Å². The lowest BCUT2D eigenvalue weighted by Gasteiger charge is -2.11. The number of esters is 1. The Kier molecular flexibility index (Phi) is 2.40. The lowest BCUT2D eigenvalue weighted by atomic mass is 10.2. The SMILES string of the molecule is O=C(OC1CCc2cccnc21)c1ccoc1. The molecule has 4 nitrogen and oxygen atoms in total. The van der Waals surface area contributed by atoms with E-state index in [0.29, 0.717) is 5.56 Å². The maximum atomic E-state index is 11.8. The van der Waals surface area contributed by atoms with Crippen LogP contribution in [-0.2, 0) is 11.2 Å². The highest BCUT2D eigenvalue weighted by atomic mass is 16.5. The largest absolute Gasteiger partial charge is 0.472 e. The van der Waals surface area contributed by atoms with Gasteiger partial charge < -0.3 is 9.15 Å². The van der Waals surface area contributed by atoms with Gasteiger partial charge in [0.2, 0.25) is 0 Å². The van der Waals surface area contributed by atoms with Crippen LogP contribution >= 0.6 is 0 Å². The van der Waals surface area contributed by atoms with Gasteiger partial charge in [-0.2, -0.15) is 0 Å². The lowest BCUT2D eigenvalue weighted by molar-refractivity contribution is 0.0292. The molecule has 0 radical (unpaired) electrons. The van der Waals surface area contributed by atoms with Crippen LogP contribution < -0.4 is 0 Å². The molecule has 2 aromatic rings. The summed E-state index contributed by atoms with van der Waals surface area (Å²) in [5, 5.41) is 0. The first kappa shape index (κ1) is 10.1. The van der Waals surface area contributed by atoms with Crippen LogP contribution in [0, 0.1) is 0 Å². The Bertz CT molecular complexity index is 533. The third-order valence-corrected chi connectivity index (χ3v) is 2.91. The number of hydrogen-bond acceptors (Lipinski definition) is 4. The molecule has 4 heteroatoms. The van der Waals surface area contributed by atoms with Crippen molar-refractivity contribution in [1.82, 2.24) is 4.98 Å². The first-order valence-electron chi connectivity index (χ1n) is 5.51. The fourth-order valence-corrected chi connectivity index (χ4v) is 2.07. The van der Waals surface area contributed by atoms with Gasteiger partial charge in [-0.3, -0.25) is 4.98 Å². The number of pyridine rings is 1. The molecular formula is C13H11NO3. The number of rotatable bonds is 2. The smallest absolute Gasteiger partial charge is 0.342 e. The van der Waals surface area contributed by atoms with Gasteiger partial charge in [0.25, 0.3) is 0 Å². The maximum Gasteiger partial charge on any atom is 0.342 e. The molecule has 17 heavy (non-hydrogen) atoms. The third-order valence-electron chi connectivity index (χ3n) is 2.91. The predicted octanol–water partition coefficient (Wildman–Crippen LogP) is 2.52. The van der Waals surface area contributed by atoms with Crippen molar-refractivity contribution in [2.45, 2.75) is 18.9 Å². The van der Waals surface area contributed by atoms with Crippen molar-refractivity contribution < 1.29 is 13.9 Å². The summed E-state index contributed by atoms with van der Waals surface area (Å²) in [4.78, 5) is 16.0. The molecule has 1 aliphatic carbocycles. The Morgan fingerprint density at radius 2 is 2.41 bits per heavy atom. The maximum absolute atomic E-state index is 11.8. The molecule has 3 rings (SSSR count). The summed E-state index contributed by atoms with van der Waals surface area (Å²) in [6.45, 7) is 0. The number of carbonyl (C=O) groups is 1. The van der Waals surface area contributed by atoms with Crippen molar-refractivity contribution >= 4 is 5.97 Å². The average molecular weight is 229 g/mol. The van der Waals surface area contributed by atoms with Crippen LogP contribution in [-0.4, -0.2) is 11.0 Å². The van der Waals surface area contributed by atoms with Gasteiger partial charge in [-0.25, -0.2) is 4.79 Å². The van der Waals surface area contributed by atoms with Gasteiger partial charge in [-0.1, -0.05) is 6.07 Å². The van der Waals surface area contributed by atoms with Crippen molar-refractivity contribution in [3.63, 3.8) is 0 Å². The van der Waals surface area contributed by atoms with E-state index in [0.717, 1.165) is 24.1 Å². The molecule has 0 aromatic carbocycles. The molecular weight excluding hydrogens is 218 g/mol. The van der Waals surface area contributed by atoms with E-state index in [9.17, 15) is 4.79 Å². The second kappa shape index (κ2) is 4.05. The van der Waals surface area contributed by atoms with E-state index in [1.54, 1.807) is 12.3 Å². The van der Waals surface area contributed by atoms with Crippen LogP contribution in [0.25, 0.3) is 0 Å². The molecule has 86 valence electrons. The van der Waals surface area contributed by atoms with Gasteiger partial charge in [0.15, 0.2) is 0 Å². The number of nitrogens with zero attached hydrogens (tertiary/aromatic N) is 1. The van der Waals surface area contributed by atoms with Crippen molar-refractivity contribution in [1.29, 1.82) is 0 Å². The number of carbonyl (C=O) groups excluding carboxylic acids is 1. The van der Waals surface area contributed by atoms with Crippen LogP contribution in [0.3, 0.4) is 0 Å². The number of aryl methyl sites for hydroxylation is 1. The Morgan fingerprint density at radius 3 is 3.24 bits per heavy atom. The average Bonchev–Trinajstić information content (AvgIpc) is 2.98. The summed E-state index contributed by atoms with van der Waals surface area (Å²) in [5.41, 5.74) is 2.48. The first-order chi connectivity index (χ1) is 8.34. The fraction of sp³-hybridized carbons (Fsp3) is 0.231. The zero-order valence-corrected chi connectivity index (χ0v) is 9.13. The minimum atomic E-state index is -0.359. The molecule has 1 atom stereocenters. The summed E-state index contributed by atoms with van der Waals surface area (Å²) in [5.74, 6) is -0.359. The van der Waals surface area contributed by atoms with E-state index in [-0.39, 0.29) is 12.1 Å². The number of ether oxygens (including phenoxy) is 1. The Labute approximate surface area is 98.2 Å². The van der Waals surface area contributed by atoms with E-state index < -0.39 is 0 Å².